The molecule has 0 aliphatic heterocycles. The Morgan fingerprint density at radius 3 is 2.21 bits per heavy atom. The quantitative estimate of drug-likeness (QED) is 0.240. The van der Waals surface area contributed by atoms with Crippen LogP contribution in [0.15, 0.2) is 47.0 Å². The van der Waals surface area contributed by atoms with Gasteiger partial charge in [0.25, 0.3) is 0 Å². The predicted octanol–water partition coefficient (Wildman–Crippen LogP) is 7.00. The van der Waals surface area contributed by atoms with Gasteiger partial charge in [-0.1, -0.05) is 0 Å². The molecule has 0 aliphatic rings. The van der Waals surface area contributed by atoms with Gasteiger partial charge in [0.15, 0.2) is 0 Å². The summed E-state index contributed by atoms with van der Waals surface area (Å²) < 4.78 is 8.62. The summed E-state index contributed by atoms with van der Waals surface area (Å²) in [6.07, 6.45) is 14.5. The molecule has 152 valence electrons. The van der Waals surface area contributed by atoms with E-state index in [2.05, 4.69) is 58.7 Å². The van der Waals surface area contributed by atoms with Gasteiger partial charge in [-0.3, -0.25) is 0 Å². The number of hydrogen-bond donors (Lipinski definition) is 0. The number of hydrogen-bond acceptors (Lipinski definition) is 4. The first-order chi connectivity index (χ1) is 13.7. The van der Waals surface area contributed by atoms with Crippen molar-refractivity contribution in [1.29, 1.82) is 0 Å². The Kier molecular flexibility index (Phi) is 8.72. The van der Waals surface area contributed by atoms with E-state index in [4.69, 9.17) is 0 Å². The first-order valence-corrected chi connectivity index (χ1v) is 19.9. The zero-order chi connectivity index (χ0) is 19.8. The van der Waals surface area contributed by atoms with Gasteiger partial charge in [-0.15, -0.1) is 0 Å². The molecular weight excluding hydrogens is 489 g/mol. The van der Waals surface area contributed by atoms with Crippen LogP contribution in [0.25, 0.3) is 4.83 Å². The minimum atomic E-state index is -2.36. The van der Waals surface area contributed by atoms with Gasteiger partial charge in [0.1, 0.15) is 0 Å². The van der Waals surface area contributed by atoms with Crippen molar-refractivity contribution in [3.63, 3.8) is 0 Å². The summed E-state index contributed by atoms with van der Waals surface area (Å²) in [4.78, 5) is 10.5. The van der Waals surface area contributed by atoms with Crippen LogP contribution in [-0.4, -0.2) is 32.7 Å². The SMILES string of the molecule is CCC[CH2][Sn]([CH2]CCC)([CH2]CCC)[c]1cn2cnc(Sc3ccccn3)c2s1. The molecule has 0 aliphatic carbocycles. The zero-order valence-electron chi connectivity index (χ0n) is 17.5. The van der Waals surface area contributed by atoms with E-state index in [1.165, 1.54) is 56.7 Å². The van der Waals surface area contributed by atoms with Gasteiger partial charge in [0, 0.05) is 0 Å². The Bertz CT molecular complexity index is 822. The van der Waals surface area contributed by atoms with E-state index >= 15 is 0 Å². The number of unbranched alkanes of at least 4 members (excludes halogenated alkanes) is 3. The van der Waals surface area contributed by atoms with E-state index in [-0.39, 0.29) is 0 Å². The normalized spacial score (nSPS) is 12.1. The zero-order valence-corrected chi connectivity index (χ0v) is 22.0. The van der Waals surface area contributed by atoms with Gasteiger partial charge in [0.05, 0.1) is 0 Å². The fraction of sp³-hybridized carbons (Fsp3) is 0.545. The standard InChI is InChI=1S/C10H6N3S2.3C4H9.Sn/c1-2-4-11-8(3-1)15-9-10-13(7-12-9)5-6-14-10;3*1-3-4-2;/h1-5,7H;3*1,3-4H2,2H3;. The first kappa shape index (κ1) is 22.2. The fourth-order valence-corrected chi connectivity index (χ4v) is 24.8. The predicted molar refractivity (Wildman–Crippen MR) is 126 cm³/mol. The molecule has 0 unspecified atom stereocenters. The molecule has 0 amide bonds. The molecule has 6 heteroatoms. The number of rotatable bonds is 12. The van der Waals surface area contributed by atoms with E-state index in [9.17, 15) is 0 Å². The Morgan fingerprint density at radius 1 is 0.964 bits per heavy atom. The first-order valence-electron chi connectivity index (χ1n) is 10.8. The van der Waals surface area contributed by atoms with Crippen LogP contribution in [0.3, 0.4) is 0 Å². The molecule has 3 heterocycles. The fourth-order valence-electron chi connectivity index (χ4n) is 3.89. The molecule has 3 nitrogen and oxygen atoms in total. The number of aromatic nitrogens is 3. The molecule has 3 rings (SSSR count). The van der Waals surface area contributed by atoms with E-state index in [0.29, 0.717) is 0 Å². The maximum absolute atomic E-state index is 4.68. The average Bonchev–Trinajstić information content (AvgIpc) is 3.31. The second kappa shape index (κ2) is 11.0. The second-order valence-corrected chi connectivity index (χ2v) is 23.9. The molecule has 0 radical (unpaired) electrons. The molecule has 0 bridgehead atoms. The van der Waals surface area contributed by atoms with Gasteiger partial charge < -0.3 is 0 Å². The third-order valence-electron chi connectivity index (χ3n) is 5.57. The van der Waals surface area contributed by atoms with Crippen molar-refractivity contribution in [2.75, 3.05) is 0 Å². The summed E-state index contributed by atoms with van der Waals surface area (Å²) >= 11 is 1.38. The number of thiazole rings is 1. The number of fused-ring (bicyclic) bond motifs is 1. The van der Waals surface area contributed by atoms with Crippen molar-refractivity contribution in [3.05, 3.63) is 36.9 Å². The van der Waals surface area contributed by atoms with Crippen LogP contribution in [0.2, 0.25) is 13.3 Å². The van der Waals surface area contributed by atoms with Crippen LogP contribution in [0.5, 0.6) is 0 Å². The summed E-state index contributed by atoms with van der Waals surface area (Å²) in [6, 6.07) is 6.08. The molecule has 0 N–H and O–H groups in total. The van der Waals surface area contributed by atoms with Gasteiger partial charge in [0.2, 0.25) is 0 Å². The van der Waals surface area contributed by atoms with Crippen molar-refractivity contribution in [2.24, 2.45) is 0 Å². The van der Waals surface area contributed by atoms with Gasteiger partial charge in [-0.05, 0) is 0 Å². The third kappa shape index (κ3) is 5.33. The van der Waals surface area contributed by atoms with Crippen LogP contribution in [0.1, 0.15) is 59.3 Å². The Labute approximate surface area is 182 Å². The van der Waals surface area contributed by atoms with Crippen molar-refractivity contribution in [3.8, 4) is 0 Å². The summed E-state index contributed by atoms with van der Waals surface area (Å²) in [5, 5.41) is 2.13. The van der Waals surface area contributed by atoms with E-state index < -0.39 is 18.4 Å². The molecule has 0 saturated heterocycles. The van der Waals surface area contributed by atoms with Crippen LogP contribution in [-0.2, 0) is 0 Å². The van der Waals surface area contributed by atoms with Crippen LogP contribution >= 0.6 is 23.1 Å². The second-order valence-electron chi connectivity index (χ2n) is 7.72. The Morgan fingerprint density at radius 2 is 1.64 bits per heavy atom. The monoisotopic (exact) mass is 523 g/mol. The molecule has 0 aromatic carbocycles. The van der Waals surface area contributed by atoms with Crippen molar-refractivity contribution < 1.29 is 0 Å². The average molecular weight is 522 g/mol. The van der Waals surface area contributed by atoms with Crippen LogP contribution < -0.4 is 2.89 Å². The molecule has 0 fully saturated rings. The molecular formula is C22H33N3S2Sn. The number of pyridine rings is 1. The molecule has 0 spiro atoms. The summed E-state index contributed by atoms with van der Waals surface area (Å²) in [5.74, 6) is 0. The maximum atomic E-state index is 4.68. The molecule has 3 aromatic rings. The van der Waals surface area contributed by atoms with E-state index in [1.54, 1.807) is 14.7 Å². The molecule has 0 atom stereocenters. The van der Waals surface area contributed by atoms with Gasteiger partial charge >= 0.3 is 183 Å². The van der Waals surface area contributed by atoms with Gasteiger partial charge in [-0.25, -0.2) is 0 Å². The molecule has 3 aromatic heterocycles. The van der Waals surface area contributed by atoms with E-state index in [1.807, 2.05) is 24.7 Å². The Hall–Kier alpha value is -0.531. The number of imidazole rings is 1. The van der Waals surface area contributed by atoms with Crippen LogP contribution in [0.4, 0.5) is 0 Å². The van der Waals surface area contributed by atoms with Crippen molar-refractivity contribution >= 4 is 49.2 Å². The van der Waals surface area contributed by atoms with Crippen molar-refractivity contribution in [1.82, 2.24) is 14.4 Å². The minimum absolute atomic E-state index is 1.02. The summed E-state index contributed by atoms with van der Waals surface area (Å²) in [5.41, 5.74) is 0. The summed E-state index contributed by atoms with van der Waals surface area (Å²) in [6.45, 7) is 7.05. The van der Waals surface area contributed by atoms with Crippen LogP contribution in [0, 0.1) is 0 Å². The number of nitrogens with zero attached hydrogens (tertiary/aromatic N) is 3. The molecule has 0 saturated carbocycles. The third-order valence-corrected chi connectivity index (χ3v) is 25.9. The molecule has 28 heavy (non-hydrogen) atoms. The van der Waals surface area contributed by atoms with Gasteiger partial charge in [-0.2, -0.15) is 0 Å². The Balaban J connectivity index is 1.94. The van der Waals surface area contributed by atoms with Crippen molar-refractivity contribution in [2.45, 2.75) is 82.7 Å². The topological polar surface area (TPSA) is 30.2 Å². The summed E-state index contributed by atoms with van der Waals surface area (Å²) in [7, 11) is 0. The van der Waals surface area contributed by atoms with E-state index in [0.717, 1.165) is 10.1 Å².